The molecule has 4 nitrogen and oxygen atoms in total. The Balaban J connectivity index is 2.47. The van der Waals surface area contributed by atoms with Gasteiger partial charge in [0.25, 0.3) is 0 Å². The molecule has 0 fully saturated rings. The third kappa shape index (κ3) is 5.96. The number of aliphatic hydroxyl groups is 1. The van der Waals surface area contributed by atoms with Gasteiger partial charge in [-0.2, -0.15) is 17.0 Å². The van der Waals surface area contributed by atoms with Gasteiger partial charge in [-0.25, -0.2) is 0 Å². The van der Waals surface area contributed by atoms with Crippen LogP contribution in [0.1, 0.15) is 18.9 Å². The van der Waals surface area contributed by atoms with E-state index in [1.165, 1.54) is 0 Å². The highest BCUT2D eigenvalue weighted by Crippen LogP contribution is 2.17. The predicted molar refractivity (Wildman–Crippen MR) is 87.7 cm³/mol. The second-order valence-corrected chi connectivity index (χ2v) is 5.94. The van der Waals surface area contributed by atoms with Gasteiger partial charge in [-0.1, -0.05) is 19.1 Å². The molecule has 0 spiro atoms. The summed E-state index contributed by atoms with van der Waals surface area (Å²) in [7, 11) is 2.02. The fourth-order valence-electron chi connectivity index (χ4n) is 2.15. The lowest BCUT2D eigenvalue weighted by Gasteiger charge is -2.28. The molecule has 2 unspecified atom stereocenters. The zero-order valence-electron chi connectivity index (χ0n) is 13.0. The molecule has 0 aliphatic heterocycles. The number of ether oxygens (including phenoxy) is 1. The fraction of sp³-hybridized carbons (Fsp3) is 0.562. The number of nitrogens with zero attached hydrogens (tertiary/aromatic N) is 2. The number of hydrogen-bond acceptors (Lipinski definition) is 5. The van der Waals surface area contributed by atoms with Crippen LogP contribution >= 0.6 is 11.8 Å². The van der Waals surface area contributed by atoms with Gasteiger partial charge in [-0.15, -0.1) is 0 Å². The number of rotatable bonds is 9. The maximum Gasteiger partial charge on any atom is 0.137 e. The average Bonchev–Trinajstić information content (AvgIpc) is 2.50. The summed E-state index contributed by atoms with van der Waals surface area (Å²) in [5, 5.41) is 19.1. The largest absolute Gasteiger partial charge is 0.489 e. The topological polar surface area (TPSA) is 56.5 Å². The SMILES string of the molecule is CCC(CSC)N(C)CC(O)COc1ccccc1C#N. The molecule has 0 bridgehead atoms. The van der Waals surface area contributed by atoms with Crippen molar-refractivity contribution >= 4 is 11.8 Å². The third-order valence-corrected chi connectivity index (χ3v) is 4.11. The molecule has 2 atom stereocenters. The fourth-order valence-corrected chi connectivity index (χ4v) is 3.03. The zero-order valence-corrected chi connectivity index (χ0v) is 13.8. The van der Waals surface area contributed by atoms with Crippen LogP contribution in [0.5, 0.6) is 5.75 Å². The maximum atomic E-state index is 10.1. The molecule has 0 aromatic heterocycles. The van der Waals surface area contributed by atoms with Crippen LogP contribution in [0.2, 0.25) is 0 Å². The van der Waals surface area contributed by atoms with Gasteiger partial charge in [-0.05, 0) is 31.9 Å². The number of hydrogen-bond donors (Lipinski definition) is 1. The average molecular weight is 308 g/mol. The highest BCUT2D eigenvalue weighted by atomic mass is 32.2. The van der Waals surface area contributed by atoms with E-state index in [9.17, 15) is 5.11 Å². The van der Waals surface area contributed by atoms with Crippen molar-refractivity contribution in [1.82, 2.24) is 4.90 Å². The first-order chi connectivity index (χ1) is 10.1. The second-order valence-electron chi connectivity index (χ2n) is 5.03. The normalized spacial score (nSPS) is 13.7. The van der Waals surface area contributed by atoms with Gasteiger partial charge in [-0.3, -0.25) is 4.90 Å². The Morgan fingerprint density at radius 1 is 1.43 bits per heavy atom. The van der Waals surface area contributed by atoms with E-state index in [2.05, 4.69) is 24.1 Å². The minimum atomic E-state index is -0.572. The van der Waals surface area contributed by atoms with Crippen LogP contribution in [0.15, 0.2) is 24.3 Å². The van der Waals surface area contributed by atoms with E-state index in [4.69, 9.17) is 10.00 Å². The Labute approximate surface area is 131 Å². The molecule has 0 saturated heterocycles. The monoisotopic (exact) mass is 308 g/mol. The molecule has 0 amide bonds. The van der Waals surface area contributed by atoms with Crippen LogP contribution in [0.25, 0.3) is 0 Å². The Morgan fingerprint density at radius 2 is 2.14 bits per heavy atom. The quantitative estimate of drug-likeness (QED) is 0.759. The molecule has 0 aliphatic carbocycles. The molecule has 116 valence electrons. The number of benzene rings is 1. The lowest BCUT2D eigenvalue weighted by Crippen LogP contribution is -2.40. The molecule has 21 heavy (non-hydrogen) atoms. The summed E-state index contributed by atoms with van der Waals surface area (Å²) in [5.74, 6) is 1.58. The summed E-state index contributed by atoms with van der Waals surface area (Å²) in [5.41, 5.74) is 0.492. The standard InChI is InChI=1S/C16H24N2O2S/c1-4-14(12-21-3)18(2)10-15(19)11-20-16-8-6-5-7-13(16)9-17/h5-8,14-15,19H,4,10-12H2,1-3H3. The minimum Gasteiger partial charge on any atom is -0.489 e. The number of para-hydroxylation sites is 1. The van der Waals surface area contributed by atoms with Crippen LogP contribution < -0.4 is 4.74 Å². The third-order valence-electron chi connectivity index (χ3n) is 3.39. The van der Waals surface area contributed by atoms with Crippen LogP contribution in [-0.4, -0.2) is 54.4 Å². The Kier molecular flexibility index (Phi) is 8.21. The van der Waals surface area contributed by atoms with Gasteiger partial charge in [0.05, 0.1) is 5.56 Å². The van der Waals surface area contributed by atoms with Crippen molar-refractivity contribution in [2.24, 2.45) is 0 Å². The van der Waals surface area contributed by atoms with Gasteiger partial charge in [0.2, 0.25) is 0 Å². The van der Waals surface area contributed by atoms with E-state index in [-0.39, 0.29) is 6.61 Å². The molecule has 1 aromatic carbocycles. The van der Waals surface area contributed by atoms with Crippen molar-refractivity contribution in [3.05, 3.63) is 29.8 Å². The van der Waals surface area contributed by atoms with Crippen LogP contribution in [0, 0.1) is 11.3 Å². The summed E-state index contributed by atoms with van der Waals surface area (Å²) >= 11 is 1.81. The van der Waals surface area contributed by atoms with E-state index in [1.54, 1.807) is 18.2 Å². The molecule has 1 aromatic rings. The smallest absolute Gasteiger partial charge is 0.137 e. The van der Waals surface area contributed by atoms with Gasteiger partial charge < -0.3 is 9.84 Å². The highest BCUT2D eigenvalue weighted by Gasteiger charge is 2.16. The number of likely N-dealkylation sites (N-methyl/N-ethyl adjacent to an activating group) is 1. The molecular weight excluding hydrogens is 284 g/mol. The summed E-state index contributed by atoms with van der Waals surface area (Å²) in [6.07, 6.45) is 2.58. The molecule has 1 rings (SSSR count). The van der Waals surface area contributed by atoms with Crippen molar-refractivity contribution < 1.29 is 9.84 Å². The van der Waals surface area contributed by atoms with E-state index in [1.807, 2.05) is 24.9 Å². The molecular formula is C16H24N2O2S. The van der Waals surface area contributed by atoms with E-state index in [0.29, 0.717) is 23.9 Å². The Hall–Kier alpha value is -1.22. The lowest BCUT2D eigenvalue weighted by atomic mass is 10.2. The molecule has 1 N–H and O–H groups in total. The van der Waals surface area contributed by atoms with Crippen LogP contribution in [0.4, 0.5) is 0 Å². The lowest BCUT2D eigenvalue weighted by molar-refractivity contribution is 0.0655. The van der Waals surface area contributed by atoms with Crippen molar-refractivity contribution in [2.45, 2.75) is 25.5 Å². The summed E-state index contributed by atoms with van der Waals surface area (Å²) in [6, 6.07) is 9.61. The molecule has 0 radical (unpaired) electrons. The molecule has 5 heteroatoms. The van der Waals surface area contributed by atoms with Crippen molar-refractivity contribution in [1.29, 1.82) is 5.26 Å². The second kappa shape index (κ2) is 9.67. The Bertz CT molecular complexity index is 462. The van der Waals surface area contributed by atoms with E-state index >= 15 is 0 Å². The van der Waals surface area contributed by atoms with E-state index < -0.39 is 6.10 Å². The predicted octanol–water partition coefficient (Wildman–Crippen LogP) is 2.37. The number of thioether (sulfide) groups is 1. The first-order valence-electron chi connectivity index (χ1n) is 7.11. The van der Waals surface area contributed by atoms with Gasteiger partial charge in [0, 0.05) is 18.3 Å². The zero-order chi connectivity index (χ0) is 15.7. The maximum absolute atomic E-state index is 10.1. The van der Waals surface area contributed by atoms with E-state index in [0.717, 1.165) is 12.2 Å². The molecule has 0 saturated carbocycles. The highest BCUT2D eigenvalue weighted by molar-refractivity contribution is 7.98. The summed E-state index contributed by atoms with van der Waals surface area (Å²) in [6.45, 7) is 2.91. The van der Waals surface area contributed by atoms with Gasteiger partial charge in [0.15, 0.2) is 0 Å². The number of aliphatic hydroxyl groups excluding tert-OH is 1. The summed E-state index contributed by atoms with van der Waals surface area (Å²) < 4.78 is 5.56. The van der Waals surface area contributed by atoms with Crippen LogP contribution in [0.3, 0.4) is 0 Å². The summed E-state index contributed by atoms with van der Waals surface area (Å²) in [4.78, 5) is 2.17. The molecule has 0 aliphatic rings. The number of nitriles is 1. The van der Waals surface area contributed by atoms with Crippen molar-refractivity contribution in [3.8, 4) is 11.8 Å². The van der Waals surface area contributed by atoms with Crippen molar-refractivity contribution in [2.75, 3.05) is 32.2 Å². The first-order valence-corrected chi connectivity index (χ1v) is 8.50. The van der Waals surface area contributed by atoms with Gasteiger partial charge >= 0.3 is 0 Å². The first kappa shape index (κ1) is 17.8. The minimum absolute atomic E-state index is 0.193. The van der Waals surface area contributed by atoms with Crippen LogP contribution in [-0.2, 0) is 0 Å². The molecule has 0 heterocycles. The Morgan fingerprint density at radius 3 is 2.76 bits per heavy atom. The van der Waals surface area contributed by atoms with Crippen molar-refractivity contribution in [3.63, 3.8) is 0 Å². The van der Waals surface area contributed by atoms with Gasteiger partial charge in [0.1, 0.15) is 24.5 Å².